The van der Waals surface area contributed by atoms with E-state index in [0.29, 0.717) is 29.8 Å². The van der Waals surface area contributed by atoms with Crippen LogP contribution in [0.15, 0.2) is 36.4 Å². The normalized spacial score (nSPS) is 16.5. The molecule has 2 atom stereocenters. The first-order valence-corrected chi connectivity index (χ1v) is 10.7. The zero-order valence-electron chi connectivity index (χ0n) is 18.2. The smallest absolute Gasteiger partial charge is 0.259 e. The highest BCUT2D eigenvalue weighted by Gasteiger charge is 2.20. The topological polar surface area (TPSA) is 102 Å². The standard InChI is InChI=1S/C24H32N2O5/c1-26(2)24(30)15-31-21-7-4-16-3-6-20(12-19(16)13-21)25-14-23(29)17-5-8-22(28)18(11-17)9-10-27/h4-5,7-8,11,13,20,23,25,27-29H,3,6,9-10,12,14-15H2,1-2H3/t20-,23+/m0/s1. The molecule has 31 heavy (non-hydrogen) atoms. The van der Waals surface area contributed by atoms with Gasteiger partial charge in [0.25, 0.3) is 5.91 Å². The monoisotopic (exact) mass is 428 g/mol. The van der Waals surface area contributed by atoms with Crippen LogP contribution in [-0.2, 0) is 24.1 Å². The van der Waals surface area contributed by atoms with Gasteiger partial charge in [0.15, 0.2) is 6.61 Å². The number of amides is 1. The minimum Gasteiger partial charge on any atom is -0.508 e. The van der Waals surface area contributed by atoms with E-state index in [4.69, 9.17) is 9.84 Å². The second-order valence-corrected chi connectivity index (χ2v) is 8.23. The van der Waals surface area contributed by atoms with E-state index in [1.165, 1.54) is 16.0 Å². The van der Waals surface area contributed by atoms with Crippen molar-refractivity contribution in [1.82, 2.24) is 10.2 Å². The number of hydrogen-bond acceptors (Lipinski definition) is 6. The van der Waals surface area contributed by atoms with Gasteiger partial charge >= 0.3 is 0 Å². The van der Waals surface area contributed by atoms with E-state index in [-0.39, 0.29) is 30.9 Å². The molecule has 2 aromatic rings. The number of aryl methyl sites for hydroxylation is 1. The number of hydrogen-bond donors (Lipinski definition) is 4. The highest BCUT2D eigenvalue weighted by atomic mass is 16.5. The largest absolute Gasteiger partial charge is 0.508 e. The van der Waals surface area contributed by atoms with Gasteiger partial charge in [0.1, 0.15) is 11.5 Å². The van der Waals surface area contributed by atoms with Crippen molar-refractivity contribution in [2.24, 2.45) is 0 Å². The van der Waals surface area contributed by atoms with E-state index in [1.54, 1.807) is 32.3 Å². The zero-order valence-corrected chi connectivity index (χ0v) is 18.2. The second-order valence-electron chi connectivity index (χ2n) is 8.23. The molecule has 4 N–H and O–H groups in total. The molecule has 7 nitrogen and oxygen atoms in total. The van der Waals surface area contributed by atoms with Gasteiger partial charge in [-0.15, -0.1) is 0 Å². The molecule has 2 aromatic carbocycles. The van der Waals surface area contributed by atoms with Crippen molar-refractivity contribution in [1.29, 1.82) is 0 Å². The highest BCUT2D eigenvalue weighted by molar-refractivity contribution is 5.77. The van der Waals surface area contributed by atoms with Crippen molar-refractivity contribution in [3.63, 3.8) is 0 Å². The van der Waals surface area contributed by atoms with Crippen LogP contribution in [0.1, 0.15) is 34.8 Å². The molecule has 1 amide bonds. The third-order valence-corrected chi connectivity index (χ3v) is 5.74. The number of carbonyl (C=O) groups is 1. The molecular formula is C24H32N2O5. The predicted molar refractivity (Wildman–Crippen MR) is 118 cm³/mol. The van der Waals surface area contributed by atoms with E-state index in [1.807, 2.05) is 12.1 Å². The summed E-state index contributed by atoms with van der Waals surface area (Å²) in [6.45, 7) is 0.364. The van der Waals surface area contributed by atoms with Crippen molar-refractivity contribution >= 4 is 5.91 Å². The van der Waals surface area contributed by atoms with E-state index in [9.17, 15) is 15.0 Å². The molecule has 0 spiro atoms. The van der Waals surface area contributed by atoms with Gasteiger partial charge in [-0.25, -0.2) is 0 Å². The van der Waals surface area contributed by atoms with E-state index in [2.05, 4.69) is 11.4 Å². The van der Waals surface area contributed by atoms with Crippen molar-refractivity contribution in [3.8, 4) is 11.5 Å². The van der Waals surface area contributed by atoms with Crippen LogP contribution >= 0.6 is 0 Å². The van der Waals surface area contributed by atoms with Crippen molar-refractivity contribution in [2.45, 2.75) is 37.8 Å². The van der Waals surface area contributed by atoms with Gasteiger partial charge in [0.2, 0.25) is 0 Å². The fraction of sp³-hybridized carbons (Fsp3) is 0.458. The van der Waals surface area contributed by atoms with Gasteiger partial charge in [0.05, 0.1) is 6.10 Å². The summed E-state index contributed by atoms with van der Waals surface area (Å²) in [6.07, 6.45) is 2.39. The third-order valence-electron chi connectivity index (χ3n) is 5.74. The molecule has 0 unspecified atom stereocenters. The van der Waals surface area contributed by atoms with Crippen LogP contribution in [0, 0.1) is 0 Å². The minimum atomic E-state index is -0.703. The van der Waals surface area contributed by atoms with Crippen molar-refractivity contribution in [3.05, 3.63) is 58.7 Å². The number of carbonyl (C=O) groups excluding carboxylic acids is 1. The first-order chi connectivity index (χ1) is 14.9. The number of aliphatic hydroxyl groups excluding tert-OH is 2. The quantitative estimate of drug-likeness (QED) is 0.484. The summed E-state index contributed by atoms with van der Waals surface area (Å²) >= 11 is 0. The van der Waals surface area contributed by atoms with Gasteiger partial charge < -0.3 is 30.3 Å². The fourth-order valence-electron chi connectivity index (χ4n) is 3.80. The Labute approximate surface area is 183 Å². The van der Waals surface area contributed by atoms with Crippen LogP contribution in [0.3, 0.4) is 0 Å². The summed E-state index contributed by atoms with van der Waals surface area (Å²) in [5.41, 5.74) is 3.83. The SMILES string of the molecule is CN(C)C(=O)COc1ccc2c(c1)C[C@@H](NC[C@@H](O)c1ccc(O)c(CCO)c1)CC2. The summed E-state index contributed by atoms with van der Waals surface area (Å²) in [5.74, 6) is 0.741. The maximum atomic E-state index is 11.7. The molecule has 0 heterocycles. The number of fused-ring (bicyclic) bond motifs is 1. The average molecular weight is 429 g/mol. The Kier molecular flexibility index (Phi) is 7.90. The summed E-state index contributed by atoms with van der Waals surface area (Å²) in [5, 5.41) is 33.0. The molecule has 0 aliphatic heterocycles. The number of benzene rings is 2. The van der Waals surface area contributed by atoms with Crippen LogP contribution in [0.4, 0.5) is 0 Å². The second kappa shape index (κ2) is 10.6. The molecule has 1 aliphatic carbocycles. The number of aromatic hydroxyl groups is 1. The molecule has 0 fully saturated rings. The summed E-state index contributed by atoms with van der Waals surface area (Å²) in [4.78, 5) is 13.2. The predicted octanol–water partition coefficient (Wildman–Crippen LogP) is 1.57. The Bertz CT molecular complexity index is 900. The molecule has 1 aliphatic rings. The molecule has 0 saturated carbocycles. The lowest BCUT2D eigenvalue weighted by molar-refractivity contribution is -0.130. The lowest BCUT2D eigenvalue weighted by Gasteiger charge is -2.27. The Morgan fingerprint density at radius 1 is 1.23 bits per heavy atom. The summed E-state index contributed by atoms with van der Waals surface area (Å²) < 4.78 is 5.64. The molecule has 7 heteroatoms. The molecule has 0 aromatic heterocycles. The van der Waals surface area contributed by atoms with Crippen LogP contribution in [0.5, 0.6) is 11.5 Å². The van der Waals surface area contributed by atoms with Crippen LogP contribution in [0.2, 0.25) is 0 Å². The molecule has 0 saturated heterocycles. The van der Waals surface area contributed by atoms with Crippen LogP contribution in [-0.4, -0.2) is 66.0 Å². The lowest BCUT2D eigenvalue weighted by Crippen LogP contribution is -2.37. The van der Waals surface area contributed by atoms with Crippen LogP contribution in [0.25, 0.3) is 0 Å². The van der Waals surface area contributed by atoms with Gasteiger partial charge in [-0.05, 0) is 72.2 Å². The van der Waals surface area contributed by atoms with Crippen molar-refractivity contribution < 1.29 is 24.9 Å². The first-order valence-electron chi connectivity index (χ1n) is 10.7. The Hall–Kier alpha value is -2.61. The maximum Gasteiger partial charge on any atom is 0.259 e. The number of nitrogens with zero attached hydrogens (tertiary/aromatic N) is 1. The van der Waals surface area contributed by atoms with E-state index in [0.717, 1.165) is 19.3 Å². The highest BCUT2D eigenvalue weighted by Crippen LogP contribution is 2.27. The van der Waals surface area contributed by atoms with Gasteiger partial charge in [-0.3, -0.25) is 4.79 Å². The number of likely N-dealkylation sites (N-methyl/N-ethyl adjacent to an activating group) is 1. The first kappa shape index (κ1) is 23.1. The fourth-order valence-corrected chi connectivity index (χ4v) is 3.80. The summed E-state index contributed by atoms with van der Waals surface area (Å²) in [7, 11) is 3.41. The van der Waals surface area contributed by atoms with E-state index >= 15 is 0 Å². The molecule has 168 valence electrons. The van der Waals surface area contributed by atoms with Crippen LogP contribution < -0.4 is 10.1 Å². The minimum absolute atomic E-state index is 0.0184. The maximum absolute atomic E-state index is 11.7. The number of ether oxygens (including phenoxy) is 1. The van der Waals surface area contributed by atoms with Crippen molar-refractivity contribution in [2.75, 3.05) is 33.9 Å². The Balaban J connectivity index is 1.56. The zero-order chi connectivity index (χ0) is 22.4. The van der Waals surface area contributed by atoms with Gasteiger partial charge in [0, 0.05) is 33.3 Å². The number of rotatable bonds is 9. The number of nitrogens with one attached hydrogen (secondary N) is 1. The van der Waals surface area contributed by atoms with Gasteiger partial charge in [-0.2, -0.15) is 0 Å². The Morgan fingerprint density at radius 2 is 2.03 bits per heavy atom. The molecular weight excluding hydrogens is 396 g/mol. The number of aliphatic hydroxyl groups is 2. The molecule has 0 bridgehead atoms. The number of phenols is 1. The number of phenolic OH excluding ortho intramolecular Hbond substituents is 1. The third kappa shape index (κ3) is 6.19. The molecule has 3 rings (SSSR count). The van der Waals surface area contributed by atoms with E-state index < -0.39 is 6.10 Å². The van der Waals surface area contributed by atoms with Gasteiger partial charge in [-0.1, -0.05) is 12.1 Å². The lowest BCUT2D eigenvalue weighted by atomic mass is 9.88. The molecule has 0 radical (unpaired) electrons. The summed E-state index contributed by atoms with van der Waals surface area (Å²) in [6, 6.07) is 11.2. The Morgan fingerprint density at radius 3 is 2.77 bits per heavy atom. The average Bonchev–Trinajstić information content (AvgIpc) is 2.76.